The maximum atomic E-state index is 13.4. The molecule has 2 aromatic carbocycles. The van der Waals surface area contributed by atoms with Gasteiger partial charge in [-0.2, -0.15) is 5.26 Å². The molecule has 0 atom stereocenters. The Morgan fingerprint density at radius 2 is 1.88 bits per heavy atom. The molecule has 0 aliphatic rings. The lowest BCUT2D eigenvalue weighted by molar-refractivity contribution is -0.144. The Hall–Kier alpha value is -2.85. The minimum Gasteiger partial charge on any atom is -0.455 e. The number of carbonyl (C=O) groups is 2. The van der Waals surface area contributed by atoms with Crippen LogP contribution in [0, 0.1) is 17.1 Å². The van der Waals surface area contributed by atoms with Crippen LogP contribution in [-0.2, 0) is 14.3 Å². The van der Waals surface area contributed by atoms with Crippen molar-refractivity contribution in [2.75, 3.05) is 17.7 Å². The van der Waals surface area contributed by atoms with E-state index >= 15 is 0 Å². The fraction of sp³-hybridized carbons (Fsp3) is 0.118. The first-order valence-corrected chi connectivity index (χ1v) is 7.90. The number of amides is 1. The van der Waals surface area contributed by atoms with Crippen molar-refractivity contribution in [3.05, 3.63) is 59.9 Å². The van der Waals surface area contributed by atoms with Crippen LogP contribution in [0.25, 0.3) is 0 Å². The monoisotopic (exact) mass is 344 g/mol. The second-order valence-corrected chi connectivity index (χ2v) is 5.63. The Labute approximate surface area is 142 Å². The lowest BCUT2D eigenvalue weighted by atomic mass is 10.2. The number of halogens is 1. The van der Waals surface area contributed by atoms with E-state index in [1.807, 2.05) is 6.07 Å². The van der Waals surface area contributed by atoms with Crippen molar-refractivity contribution in [1.82, 2.24) is 0 Å². The lowest BCUT2D eigenvalue weighted by Gasteiger charge is -2.07. The number of rotatable bonds is 6. The Morgan fingerprint density at radius 3 is 2.54 bits per heavy atom. The van der Waals surface area contributed by atoms with Crippen LogP contribution in [-0.4, -0.2) is 24.2 Å². The maximum absolute atomic E-state index is 13.4. The van der Waals surface area contributed by atoms with Crippen molar-refractivity contribution in [2.45, 2.75) is 4.90 Å². The summed E-state index contributed by atoms with van der Waals surface area (Å²) < 4.78 is 18.2. The summed E-state index contributed by atoms with van der Waals surface area (Å²) in [6.45, 7) is -0.434. The number of hydrogen-bond acceptors (Lipinski definition) is 5. The third kappa shape index (κ3) is 5.41. The smallest absolute Gasteiger partial charge is 0.316 e. The van der Waals surface area contributed by atoms with Gasteiger partial charge in [0.25, 0.3) is 5.91 Å². The van der Waals surface area contributed by atoms with E-state index in [1.54, 1.807) is 42.5 Å². The van der Waals surface area contributed by atoms with Crippen LogP contribution in [0.4, 0.5) is 10.1 Å². The highest BCUT2D eigenvalue weighted by Gasteiger charge is 2.10. The van der Waals surface area contributed by atoms with Gasteiger partial charge < -0.3 is 10.1 Å². The molecule has 1 amide bonds. The SMILES string of the molecule is N#Cc1ccc(NC(=O)COC(=O)CSc2ccccc2F)cc1. The lowest BCUT2D eigenvalue weighted by Crippen LogP contribution is -2.21. The summed E-state index contributed by atoms with van der Waals surface area (Å²) in [5.41, 5.74) is 0.973. The van der Waals surface area contributed by atoms with Crippen molar-refractivity contribution in [1.29, 1.82) is 5.26 Å². The van der Waals surface area contributed by atoms with Crippen molar-refractivity contribution in [3.63, 3.8) is 0 Å². The number of hydrogen-bond donors (Lipinski definition) is 1. The number of thioether (sulfide) groups is 1. The number of ether oxygens (including phenoxy) is 1. The number of anilines is 1. The summed E-state index contributed by atoms with van der Waals surface area (Å²) in [6, 6.07) is 14.3. The highest BCUT2D eigenvalue weighted by molar-refractivity contribution is 8.00. The van der Waals surface area contributed by atoms with Gasteiger partial charge >= 0.3 is 5.97 Å². The van der Waals surface area contributed by atoms with Crippen LogP contribution in [0.3, 0.4) is 0 Å². The maximum Gasteiger partial charge on any atom is 0.316 e. The molecule has 2 aromatic rings. The summed E-state index contributed by atoms with van der Waals surface area (Å²) >= 11 is 1.00. The summed E-state index contributed by atoms with van der Waals surface area (Å²) in [5, 5.41) is 11.2. The van der Waals surface area contributed by atoms with E-state index in [2.05, 4.69) is 5.32 Å². The molecule has 0 aliphatic carbocycles. The summed E-state index contributed by atoms with van der Waals surface area (Å²) in [4.78, 5) is 23.6. The van der Waals surface area contributed by atoms with Gasteiger partial charge in [0, 0.05) is 10.6 Å². The van der Waals surface area contributed by atoms with E-state index in [9.17, 15) is 14.0 Å². The minimum absolute atomic E-state index is 0.0922. The number of nitriles is 1. The van der Waals surface area contributed by atoms with E-state index in [4.69, 9.17) is 10.00 Å². The van der Waals surface area contributed by atoms with Crippen molar-refractivity contribution in [2.24, 2.45) is 0 Å². The van der Waals surface area contributed by atoms with Crippen LogP contribution in [0.1, 0.15) is 5.56 Å². The predicted octanol–water partition coefficient (Wildman–Crippen LogP) is 2.97. The van der Waals surface area contributed by atoms with Gasteiger partial charge in [0.1, 0.15) is 5.82 Å². The summed E-state index contributed by atoms with van der Waals surface area (Å²) in [6.07, 6.45) is 0. The van der Waals surface area contributed by atoms with Gasteiger partial charge in [0.15, 0.2) is 6.61 Å². The zero-order valence-corrected chi connectivity index (χ0v) is 13.3. The summed E-state index contributed by atoms with van der Waals surface area (Å²) in [5.74, 6) is -1.61. The molecule has 122 valence electrons. The van der Waals surface area contributed by atoms with Gasteiger partial charge in [0.05, 0.1) is 17.4 Å². The average molecular weight is 344 g/mol. The van der Waals surface area contributed by atoms with Crippen molar-refractivity contribution >= 4 is 29.3 Å². The zero-order chi connectivity index (χ0) is 17.4. The average Bonchev–Trinajstić information content (AvgIpc) is 2.60. The Kier molecular flexibility index (Phi) is 6.34. The molecule has 0 spiro atoms. The van der Waals surface area contributed by atoms with Crippen LogP contribution >= 0.6 is 11.8 Å². The molecule has 0 aliphatic heterocycles. The minimum atomic E-state index is -0.613. The molecule has 0 aromatic heterocycles. The van der Waals surface area contributed by atoms with E-state index in [-0.39, 0.29) is 5.75 Å². The van der Waals surface area contributed by atoms with Gasteiger partial charge in [-0.25, -0.2) is 4.39 Å². The van der Waals surface area contributed by atoms with Crippen LogP contribution in [0.2, 0.25) is 0 Å². The third-order valence-corrected chi connectivity index (χ3v) is 3.87. The van der Waals surface area contributed by atoms with Crippen LogP contribution in [0.5, 0.6) is 0 Å². The molecule has 5 nitrogen and oxygen atoms in total. The number of nitrogens with zero attached hydrogens (tertiary/aromatic N) is 1. The van der Waals surface area contributed by atoms with E-state index in [0.29, 0.717) is 16.1 Å². The normalized spacial score (nSPS) is 9.83. The zero-order valence-electron chi connectivity index (χ0n) is 12.5. The first-order chi connectivity index (χ1) is 11.6. The van der Waals surface area contributed by atoms with Crippen LogP contribution < -0.4 is 5.32 Å². The molecule has 1 N–H and O–H groups in total. The van der Waals surface area contributed by atoms with Crippen molar-refractivity contribution < 1.29 is 18.7 Å². The number of carbonyl (C=O) groups excluding carboxylic acids is 2. The molecule has 0 fully saturated rings. The molecule has 0 unspecified atom stereocenters. The number of benzene rings is 2. The molecule has 24 heavy (non-hydrogen) atoms. The summed E-state index contributed by atoms with van der Waals surface area (Å²) in [7, 11) is 0. The van der Waals surface area contributed by atoms with Gasteiger partial charge in [-0.3, -0.25) is 9.59 Å². The fourth-order valence-corrected chi connectivity index (χ4v) is 2.45. The van der Waals surface area contributed by atoms with Gasteiger partial charge in [0.2, 0.25) is 0 Å². The highest BCUT2D eigenvalue weighted by atomic mass is 32.2. The van der Waals surface area contributed by atoms with Crippen LogP contribution in [0.15, 0.2) is 53.4 Å². The first-order valence-electron chi connectivity index (χ1n) is 6.91. The van der Waals surface area contributed by atoms with E-state index < -0.39 is 24.3 Å². The topological polar surface area (TPSA) is 79.2 Å². The Morgan fingerprint density at radius 1 is 1.17 bits per heavy atom. The van der Waals surface area contributed by atoms with Gasteiger partial charge in [-0.1, -0.05) is 12.1 Å². The molecular formula is C17H13FN2O3S. The highest BCUT2D eigenvalue weighted by Crippen LogP contribution is 2.21. The molecule has 0 radical (unpaired) electrons. The van der Waals surface area contributed by atoms with E-state index in [0.717, 1.165) is 11.8 Å². The Balaban J connectivity index is 1.73. The largest absolute Gasteiger partial charge is 0.455 e. The number of esters is 1. The second kappa shape index (κ2) is 8.70. The van der Waals surface area contributed by atoms with Gasteiger partial charge in [-0.15, -0.1) is 11.8 Å². The standard InChI is InChI=1S/C17H13FN2O3S/c18-14-3-1-2-4-15(14)24-11-17(22)23-10-16(21)20-13-7-5-12(9-19)6-8-13/h1-8H,10-11H2,(H,20,21). The molecule has 0 heterocycles. The third-order valence-electron chi connectivity index (χ3n) is 2.84. The second-order valence-electron chi connectivity index (χ2n) is 4.62. The molecule has 7 heteroatoms. The fourth-order valence-electron chi connectivity index (χ4n) is 1.71. The molecule has 2 rings (SSSR count). The molecular weight excluding hydrogens is 331 g/mol. The predicted molar refractivity (Wildman–Crippen MR) is 87.9 cm³/mol. The first kappa shape index (κ1) is 17.5. The van der Waals surface area contributed by atoms with Crippen molar-refractivity contribution in [3.8, 4) is 6.07 Å². The Bertz CT molecular complexity index is 772. The molecule has 0 saturated carbocycles. The van der Waals surface area contributed by atoms with Gasteiger partial charge in [-0.05, 0) is 36.4 Å². The molecule has 0 bridgehead atoms. The quantitative estimate of drug-likeness (QED) is 0.644. The number of nitrogens with one attached hydrogen (secondary N) is 1. The molecule has 0 saturated heterocycles. The van der Waals surface area contributed by atoms with E-state index in [1.165, 1.54) is 6.07 Å².